The highest BCUT2D eigenvalue weighted by atomic mass is 35.5. The van der Waals surface area contributed by atoms with Gasteiger partial charge in [0, 0.05) is 18.4 Å². The number of aromatic nitrogens is 1. The highest BCUT2D eigenvalue weighted by Gasteiger charge is 2.32. The molecule has 15 heavy (non-hydrogen) atoms. The fourth-order valence-electron chi connectivity index (χ4n) is 1.90. The molecule has 1 N–H and O–H groups in total. The van der Waals surface area contributed by atoms with E-state index in [0.29, 0.717) is 6.04 Å². The van der Waals surface area contributed by atoms with E-state index in [0.717, 1.165) is 23.9 Å². The minimum atomic E-state index is 0.431. The number of halogens is 1. The zero-order valence-corrected chi connectivity index (χ0v) is 9.80. The van der Waals surface area contributed by atoms with Gasteiger partial charge in [-0.3, -0.25) is 4.98 Å². The Morgan fingerprint density at radius 3 is 3.00 bits per heavy atom. The van der Waals surface area contributed by atoms with Crippen molar-refractivity contribution in [3.05, 3.63) is 29.0 Å². The highest BCUT2D eigenvalue weighted by Crippen LogP contribution is 2.42. The van der Waals surface area contributed by atoms with Gasteiger partial charge in [0.05, 0.1) is 5.02 Å². The number of hydrogen-bond donors (Lipinski definition) is 1. The standard InChI is InChI=1S/C12H17ClN2/c1-2-6-15-12(9-3-4-9)10-5-7-14-8-11(10)13/h5,7-9,12,15H,2-4,6H2,1H3. The predicted molar refractivity (Wildman–Crippen MR) is 63.0 cm³/mol. The summed E-state index contributed by atoms with van der Waals surface area (Å²) in [5.74, 6) is 0.774. The summed E-state index contributed by atoms with van der Waals surface area (Å²) in [7, 11) is 0. The van der Waals surface area contributed by atoms with E-state index in [1.165, 1.54) is 18.4 Å². The molecule has 1 atom stereocenters. The molecule has 1 fully saturated rings. The Hall–Kier alpha value is -0.600. The average molecular weight is 225 g/mol. The average Bonchev–Trinajstić information content (AvgIpc) is 3.05. The Labute approximate surface area is 96.1 Å². The van der Waals surface area contributed by atoms with Gasteiger partial charge in [-0.2, -0.15) is 0 Å². The molecular formula is C12H17ClN2. The van der Waals surface area contributed by atoms with Crippen molar-refractivity contribution in [2.24, 2.45) is 5.92 Å². The summed E-state index contributed by atoms with van der Waals surface area (Å²) >= 11 is 6.17. The fraction of sp³-hybridized carbons (Fsp3) is 0.583. The number of nitrogens with one attached hydrogen (secondary N) is 1. The van der Waals surface area contributed by atoms with Crippen molar-refractivity contribution in [2.75, 3.05) is 6.54 Å². The Balaban J connectivity index is 2.13. The third-order valence-corrected chi connectivity index (χ3v) is 3.16. The van der Waals surface area contributed by atoms with E-state index in [-0.39, 0.29) is 0 Å². The van der Waals surface area contributed by atoms with Crippen LogP contribution < -0.4 is 5.32 Å². The largest absolute Gasteiger partial charge is 0.310 e. The number of rotatable bonds is 5. The molecule has 1 aliphatic carbocycles. The maximum atomic E-state index is 6.17. The van der Waals surface area contributed by atoms with Gasteiger partial charge >= 0.3 is 0 Å². The second-order valence-corrected chi connectivity index (χ2v) is 4.57. The van der Waals surface area contributed by atoms with Gasteiger partial charge < -0.3 is 5.32 Å². The molecule has 0 bridgehead atoms. The second-order valence-electron chi connectivity index (χ2n) is 4.17. The van der Waals surface area contributed by atoms with Crippen molar-refractivity contribution in [2.45, 2.75) is 32.2 Å². The van der Waals surface area contributed by atoms with E-state index in [1.54, 1.807) is 6.20 Å². The third-order valence-electron chi connectivity index (χ3n) is 2.85. The van der Waals surface area contributed by atoms with Crippen LogP contribution in [0.3, 0.4) is 0 Å². The molecule has 2 rings (SSSR count). The second kappa shape index (κ2) is 4.95. The lowest BCUT2D eigenvalue weighted by Gasteiger charge is -2.19. The molecule has 0 saturated heterocycles. The van der Waals surface area contributed by atoms with E-state index in [1.807, 2.05) is 12.3 Å². The zero-order valence-electron chi connectivity index (χ0n) is 9.04. The molecule has 0 radical (unpaired) electrons. The van der Waals surface area contributed by atoms with Crippen LogP contribution in [0.1, 0.15) is 37.8 Å². The lowest BCUT2D eigenvalue weighted by Crippen LogP contribution is -2.24. The van der Waals surface area contributed by atoms with E-state index in [9.17, 15) is 0 Å². The van der Waals surface area contributed by atoms with Gasteiger partial charge in [0.1, 0.15) is 0 Å². The minimum Gasteiger partial charge on any atom is -0.310 e. The summed E-state index contributed by atoms with van der Waals surface area (Å²) in [5, 5.41) is 4.37. The van der Waals surface area contributed by atoms with Gasteiger partial charge in [0.25, 0.3) is 0 Å². The Morgan fingerprint density at radius 1 is 1.60 bits per heavy atom. The summed E-state index contributed by atoms with van der Waals surface area (Å²) in [5.41, 5.74) is 1.21. The van der Waals surface area contributed by atoms with E-state index >= 15 is 0 Å². The Bertz CT molecular complexity index is 323. The van der Waals surface area contributed by atoms with Crippen molar-refractivity contribution < 1.29 is 0 Å². The predicted octanol–water partition coefficient (Wildman–Crippen LogP) is 3.19. The van der Waals surface area contributed by atoms with Gasteiger partial charge in [0.15, 0.2) is 0 Å². The quantitative estimate of drug-likeness (QED) is 0.831. The first kappa shape index (κ1) is 10.9. The summed E-state index contributed by atoms with van der Waals surface area (Å²) < 4.78 is 0. The third kappa shape index (κ3) is 2.70. The van der Waals surface area contributed by atoms with Crippen molar-refractivity contribution in [1.29, 1.82) is 0 Å². The molecule has 2 nitrogen and oxygen atoms in total. The monoisotopic (exact) mass is 224 g/mol. The van der Waals surface area contributed by atoms with E-state index in [4.69, 9.17) is 11.6 Å². The number of hydrogen-bond acceptors (Lipinski definition) is 2. The van der Waals surface area contributed by atoms with E-state index in [2.05, 4.69) is 17.2 Å². The number of nitrogens with zero attached hydrogens (tertiary/aromatic N) is 1. The maximum Gasteiger partial charge on any atom is 0.0637 e. The molecule has 0 aromatic carbocycles. The topological polar surface area (TPSA) is 24.9 Å². The molecule has 1 aliphatic rings. The summed E-state index contributed by atoms with van der Waals surface area (Å²) in [4.78, 5) is 4.03. The van der Waals surface area contributed by atoms with Crippen LogP contribution >= 0.6 is 11.6 Å². The smallest absolute Gasteiger partial charge is 0.0637 e. The van der Waals surface area contributed by atoms with Crippen LogP contribution in [-0.2, 0) is 0 Å². The highest BCUT2D eigenvalue weighted by molar-refractivity contribution is 6.31. The maximum absolute atomic E-state index is 6.17. The SMILES string of the molecule is CCCNC(c1ccncc1Cl)C1CC1. The zero-order chi connectivity index (χ0) is 10.7. The molecule has 1 heterocycles. The molecule has 1 aromatic rings. The molecule has 1 saturated carbocycles. The van der Waals surface area contributed by atoms with Gasteiger partial charge in [0.2, 0.25) is 0 Å². The first-order valence-corrected chi connectivity index (χ1v) is 6.03. The van der Waals surface area contributed by atoms with Gasteiger partial charge in [-0.15, -0.1) is 0 Å². The van der Waals surface area contributed by atoms with Crippen molar-refractivity contribution in [1.82, 2.24) is 10.3 Å². The lowest BCUT2D eigenvalue weighted by atomic mass is 10.0. The fourth-order valence-corrected chi connectivity index (χ4v) is 2.14. The summed E-state index contributed by atoms with van der Waals surface area (Å²) in [6.45, 7) is 3.24. The molecule has 0 aliphatic heterocycles. The molecule has 1 aromatic heterocycles. The van der Waals surface area contributed by atoms with Crippen molar-refractivity contribution in [3.8, 4) is 0 Å². The Morgan fingerprint density at radius 2 is 2.40 bits per heavy atom. The number of pyridine rings is 1. The van der Waals surface area contributed by atoms with Crippen LogP contribution in [0.5, 0.6) is 0 Å². The minimum absolute atomic E-state index is 0.431. The van der Waals surface area contributed by atoms with Gasteiger partial charge in [-0.05, 0) is 43.4 Å². The molecule has 82 valence electrons. The first-order valence-electron chi connectivity index (χ1n) is 5.65. The van der Waals surface area contributed by atoms with Crippen LogP contribution in [0.25, 0.3) is 0 Å². The van der Waals surface area contributed by atoms with E-state index < -0.39 is 0 Å². The van der Waals surface area contributed by atoms with Crippen LogP contribution in [0, 0.1) is 5.92 Å². The van der Waals surface area contributed by atoms with Crippen molar-refractivity contribution in [3.63, 3.8) is 0 Å². The van der Waals surface area contributed by atoms with Crippen LogP contribution in [-0.4, -0.2) is 11.5 Å². The Kier molecular flexibility index (Phi) is 3.60. The summed E-state index contributed by atoms with van der Waals surface area (Å²) in [6.07, 6.45) is 7.36. The van der Waals surface area contributed by atoms with Crippen molar-refractivity contribution >= 4 is 11.6 Å². The molecule has 0 spiro atoms. The first-order chi connectivity index (χ1) is 7.33. The van der Waals surface area contributed by atoms with Gasteiger partial charge in [-0.1, -0.05) is 18.5 Å². The molecule has 0 amide bonds. The van der Waals surface area contributed by atoms with Crippen LogP contribution in [0.2, 0.25) is 5.02 Å². The van der Waals surface area contributed by atoms with Crippen LogP contribution in [0.15, 0.2) is 18.5 Å². The molecule has 1 unspecified atom stereocenters. The molecule has 3 heteroatoms. The lowest BCUT2D eigenvalue weighted by molar-refractivity contribution is 0.481. The molecular weight excluding hydrogens is 208 g/mol. The van der Waals surface area contributed by atoms with Crippen LogP contribution in [0.4, 0.5) is 0 Å². The summed E-state index contributed by atoms with van der Waals surface area (Å²) in [6, 6.07) is 2.47. The van der Waals surface area contributed by atoms with Gasteiger partial charge in [-0.25, -0.2) is 0 Å². The normalized spacial score (nSPS) is 17.7.